The fourth-order valence-corrected chi connectivity index (χ4v) is 1.71. The zero-order valence-electron chi connectivity index (χ0n) is 10.9. The minimum absolute atomic E-state index is 0.195. The Morgan fingerprint density at radius 3 is 2.42 bits per heavy atom. The van der Waals surface area contributed by atoms with E-state index in [0.717, 1.165) is 12.0 Å². The van der Waals surface area contributed by atoms with Gasteiger partial charge < -0.3 is 11.1 Å². The summed E-state index contributed by atoms with van der Waals surface area (Å²) in [5, 5.41) is 2.83. The van der Waals surface area contributed by atoms with Gasteiger partial charge in [0.15, 0.2) is 0 Å². The summed E-state index contributed by atoms with van der Waals surface area (Å²) in [6.07, 6.45) is 2.49. The molecule has 2 aromatic rings. The maximum atomic E-state index is 11.8. The molecule has 3 N–H and O–H groups in total. The molecule has 2 rings (SSSR count). The van der Waals surface area contributed by atoms with E-state index in [4.69, 9.17) is 5.73 Å². The van der Waals surface area contributed by atoms with Crippen LogP contribution in [0.15, 0.2) is 42.6 Å². The molecule has 0 aliphatic rings. The number of benzene rings is 1. The van der Waals surface area contributed by atoms with E-state index < -0.39 is 0 Å². The summed E-state index contributed by atoms with van der Waals surface area (Å²) < 4.78 is 0. The van der Waals surface area contributed by atoms with Crippen molar-refractivity contribution in [3.8, 4) is 0 Å². The Bertz CT molecular complexity index is 547. The van der Waals surface area contributed by atoms with Crippen LogP contribution in [0.4, 0.5) is 5.69 Å². The van der Waals surface area contributed by atoms with Crippen molar-refractivity contribution in [1.29, 1.82) is 0 Å². The van der Waals surface area contributed by atoms with Crippen molar-refractivity contribution in [2.24, 2.45) is 0 Å². The maximum absolute atomic E-state index is 11.8. The molecule has 0 atom stereocenters. The number of hydrogen-bond acceptors (Lipinski definition) is 3. The first-order valence-corrected chi connectivity index (χ1v) is 6.26. The van der Waals surface area contributed by atoms with Gasteiger partial charge in [-0.2, -0.15) is 0 Å². The van der Waals surface area contributed by atoms with E-state index in [1.807, 2.05) is 12.1 Å². The number of hydrogen-bond donors (Lipinski definition) is 2. The van der Waals surface area contributed by atoms with Crippen LogP contribution in [0.25, 0.3) is 0 Å². The molecule has 4 nitrogen and oxygen atoms in total. The van der Waals surface area contributed by atoms with Crippen LogP contribution in [0.2, 0.25) is 0 Å². The van der Waals surface area contributed by atoms with Crippen LogP contribution in [0.5, 0.6) is 0 Å². The second-order valence-electron chi connectivity index (χ2n) is 4.33. The lowest BCUT2D eigenvalue weighted by molar-refractivity contribution is 0.0946. The number of amides is 1. The third-order valence-corrected chi connectivity index (χ3v) is 2.90. The molecule has 1 heterocycles. The number of nitrogens with zero attached hydrogens (tertiary/aromatic N) is 1. The number of aryl methyl sites for hydroxylation is 1. The summed E-state index contributed by atoms with van der Waals surface area (Å²) in [7, 11) is 0. The molecule has 1 aromatic carbocycles. The Kier molecular flexibility index (Phi) is 4.13. The average Bonchev–Trinajstić information content (AvgIpc) is 2.46. The highest BCUT2D eigenvalue weighted by atomic mass is 16.1. The van der Waals surface area contributed by atoms with Crippen molar-refractivity contribution in [2.45, 2.75) is 19.9 Å². The summed E-state index contributed by atoms with van der Waals surface area (Å²) in [5.74, 6) is -0.195. The molecular formula is C15H17N3O. The van der Waals surface area contributed by atoms with E-state index in [9.17, 15) is 4.79 Å². The zero-order chi connectivity index (χ0) is 13.7. The number of nitrogen functional groups attached to an aromatic ring is 1. The van der Waals surface area contributed by atoms with Crippen molar-refractivity contribution < 1.29 is 4.79 Å². The second kappa shape index (κ2) is 6.00. The Labute approximate surface area is 112 Å². The van der Waals surface area contributed by atoms with Gasteiger partial charge in [0, 0.05) is 6.54 Å². The molecule has 0 aliphatic carbocycles. The number of anilines is 1. The molecule has 98 valence electrons. The Balaban J connectivity index is 1.94. The number of carbonyl (C=O) groups is 1. The van der Waals surface area contributed by atoms with E-state index in [1.165, 1.54) is 11.8 Å². The number of rotatable bonds is 4. The lowest BCUT2D eigenvalue weighted by atomic mass is 10.1. The molecule has 1 aromatic heterocycles. The Hall–Kier alpha value is -2.36. The van der Waals surface area contributed by atoms with Gasteiger partial charge in [-0.3, -0.25) is 4.79 Å². The van der Waals surface area contributed by atoms with Crippen LogP contribution in [0.1, 0.15) is 28.5 Å². The summed E-state index contributed by atoms with van der Waals surface area (Å²) in [4.78, 5) is 15.8. The van der Waals surface area contributed by atoms with Crippen LogP contribution < -0.4 is 11.1 Å². The van der Waals surface area contributed by atoms with E-state index in [-0.39, 0.29) is 5.91 Å². The SMILES string of the molecule is CCc1ccc(CNC(=O)c2ccc(N)cn2)cc1. The topological polar surface area (TPSA) is 68.0 Å². The molecule has 0 radical (unpaired) electrons. The second-order valence-corrected chi connectivity index (χ2v) is 4.33. The van der Waals surface area contributed by atoms with Crippen LogP contribution in [-0.2, 0) is 13.0 Å². The number of carbonyl (C=O) groups excluding carboxylic acids is 1. The third-order valence-electron chi connectivity index (χ3n) is 2.90. The fraction of sp³-hybridized carbons (Fsp3) is 0.200. The third kappa shape index (κ3) is 3.55. The zero-order valence-corrected chi connectivity index (χ0v) is 10.9. The maximum Gasteiger partial charge on any atom is 0.270 e. The summed E-state index contributed by atoms with van der Waals surface area (Å²) >= 11 is 0. The largest absolute Gasteiger partial charge is 0.397 e. The van der Waals surface area contributed by atoms with Crippen molar-refractivity contribution in [3.63, 3.8) is 0 Å². The van der Waals surface area contributed by atoms with E-state index >= 15 is 0 Å². The molecule has 0 saturated carbocycles. The predicted molar refractivity (Wildman–Crippen MR) is 75.6 cm³/mol. The lowest BCUT2D eigenvalue weighted by Crippen LogP contribution is -2.23. The van der Waals surface area contributed by atoms with Crippen molar-refractivity contribution in [2.75, 3.05) is 5.73 Å². The van der Waals surface area contributed by atoms with Crippen LogP contribution in [-0.4, -0.2) is 10.9 Å². The first-order valence-electron chi connectivity index (χ1n) is 6.26. The molecular weight excluding hydrogens is 238 g/mol. The first kappa shape index (κ1) is 13.1. The smallest absolute Gasteiger partial charge is 0.270 e. The number of aromatic nitrogens is 1. The predicted octanol–water partition coefficient (Wildman–Crippen LogP) is 2.16. The summed E-state index contributed by atoms with van der Waals surface area (Å²) in [6, 6.07) is 11.5. The molecule has 0 unspecified atom stereocenters. The molecule has 19 heavy (non-hydrogen) atoms. The van der Waals surface area contributed by atoms with Crippen molar-refractivity contribution in [3.05, 3.63) is 59.4 Å². The Morgan fingerprint density at radius 1 is 1.16 bits per heavy atom. The highest BCUT2D eigenvalue weighted by molar-refractivity contribution is 5.92. The van der Waals surface area contributed by atoms with Gasteiger partial charge in [-0.1, -0.05) is 31.2 Å². The van der Waals surface area contributed by atoms with Crippen molar-refractivity contribution in [1.82, 2.24) is 10.3 Å². The van der Waals surface area contributed by atoms with Crippen LogP contribution in [0, 0.1) is 0 Å². The van der Waals surface area contributed by atoms with E-state index in [1.54, 1.807) is 12.1 Å². The van der Waals surface area contributed by atoms with Gasteiger partial charge in [0.2, 0.25) is 0 Å². The molecule has 0 saturated heterocycles. The molecule has 4 heteroatoms. The Morgan fingerprint density at radius 2 is 1.84 bits per heavy atom. The minimum atomic E-state index is -0.195. The normalized spacial score (nSPS) is 10.2. The number of nitrogens with one attached hydrogen (secondary N) is 1. The molecule has 1 amide bonds. The van der Waals surface area contributed by atoms with Gasteiger partial charge in [0.05, 0.1) is 11.9 Å². The van der Waals surface area contributed by atoms with Crippen LogP contribution in [0.3, 0.4) is 0 Å². The molecule has 0 bridgehead atoms. The van der Waals surface area contributed by atoms with Crippen molar-refractivity contribution >= 4 is 11.6 Å². The first-order chi connectivity index (χ1) is 9.19. The van der Waals surface area contributed by atoms with Gasteiger partial charge in [-0.15, -0.1) is 0 Å². The van der Waals surface area contributed by atoms with E-state index in [0.29, 0.717) is 17.9 Å². The van der Waals surface area contributed by atoms with Gasteiger partial charge in [-0.05, 0) is 29.7 Å². The summed E-state index contributed by atoms with van der Waals surface area (Å²) in [5.41, 5.74) is 8.80. The fourth-order valence-electron chi connectivity index (χ4n) is 1.71. The quantitative estimate of drug-likeness (QED) is 0.879. The van der Waals surface area contributed by atoms with E-state index in [2.05, 4.69) is 29.4 Å². The minimum Gasteiger partial charge on any atom is -0.397 e. The average molecular weight is 255 g/mol. The standard InChI is InChI=1S/C15H17N3O/c1-2-11-3-5-12(6-4-11)9-18-15(19)14-8-7-13(16)10-17-14/h3-8,10H,2,9,16H2,1H3,(H,18,19). The molecule has 0 aliphatic heterocycles. The van der Waals surface area contributed by atoms with Gasteiger partial charge in [-0.25, -0.2) is 4.98 Å². The van der Waals surface area contributed by atoms with Crippen LogP contribution >= 0.6 is 0 Å². The number of pyridine rings is 1. The monoisotopic (exact) mass is 255 g/mol. The lowest BCUT2D eigenvalue weighted by Gasteiger charge is -2.06. The highest BCUT2D eigenvalue weighted by Gasteiger charge is 2.06. The number of nitrogens with two attached hydrogens (primary N) is 1. The highest BCUT2D eigenvalue weighted by Crippen LogP contribution is 2.05. The van der Waals surface area contributed by atoms with Gasteiger partial charge >= 0.3 is 0 Å². The van der Waals surface area contributed by atoms with Gasteiger partial charge in [0.1, 0.15) is 5.69 Å². The molecule has 0 spiro atoms. The molecule has 0 fully saturated rings. The van der Waals surface area contributed by atoms with Gasteiger partial charge in [0.25, 0.3) is 5.91 Å². The summed E-state index contributed by atoms with van der Waals surface area (Å²) in [6.45, 7) is 2.61.